The number of nitrogens with one attached hydrogen (secondary N) is 2. The average molecular weight is 464 g/mol. The summed E-state index contributed by atoms with van der Waals surface area (Å²) in [6.45, 7) is 0.0535. The highest BCUT2D eigenvalue weighted by atomic mass is 32.2. The van der Waals surface area contributed by atoms with E-state index in [9.17, 15) is 13.2 Å². The summed E-state index contributed by atoms with van der Waals surface area (Å²) in [5, 5.41) is 11.9. The van der Waals surface area contributed by atoms with Crippen LogP contribution in [0, 0.1) is 0 Å². The van der Waals surface area contributed by atoms with E-state index in [1.165, 1.54) is 6.33 Å². The first kappa shape index (κ1) is 22.1. The van der Waals surface area contributed by atoms with E-state index in [4.69, 9.17) is 0 Å². The van der Waals surface area contributed by atoms with Gasteiger partial charge in [-0.3, -0.25) is 10.2 Å². The topological polar surface area (TPSA) is 131 Å². The molecule has 0 unspecified atom stereocenters. The highest BCUT2D eigenvalue weighted by molar-refractivity contribution is 7.90. The highest BCUT2D eigenvalue weighted by Gasteiger charge is 2.11. The van der Waals surface area contributed by atoms with Crippen molar-refractivity contribution in [2.45, 2.75) is 0 Å². The Labute approximate surface area is 190 Å². The van der Waals surface area contributed by atoms with E-state index in [0.717, 1.165) is 11.9 Å². The molecule has 2 heterocycles. The first-order valence-corrected chi connectivity index (χ1v) is 12.1. The number of rotatable bonds is 8. The molecule has 33 heavy (non-hydrogen) atoms. The van der Waals surface area contributed by atoms with Gasteiger partial charge in [-0.05, 0) is 29.8 Å². The Morgan fingerprint density at radius 2 is 1.94 bits per heavy atom. The van der Waals surface area contributed by atoms with E-state index in [-0.39, 0.29) is 18.2 Å². The summed E-state index contributed by atoms with van der Waals surface area (Å²) in [4.78, 5) is 20.8. The molecule has 2 aromatic heterocycles. The van der Waals surface area contributed by atoms with Crippen LogP contribution in [-0.2, 0) is 9.84 Å². The van der Waals surface area contributed by atoms with Gasteiger partial charge in [0.15, 0.2) is 11.5 Å². The van der Waals surface area contributed by atoms with Crippen molar-refractivity contribution >= 4 is 38.8 Å². The Hall–Kier alpha value is -4.12. The minimum absolute atomic E-state index is 0.0535. The maximum atomic E-state index is 12.3. The smallest absolute Gasteiger partial charge is 0.251 e. The second-order valence-corrected chi connectivity index (χ2v) is 9.49. The number of hydrazone groups is 1. The highest BCUT2D eigenvalue weighted by Crippen LogP contribution is 2.21. The second-order valence-electron chi connectivity index (χ2n) is 7.23. The Kier molecular flexibility index (Phi) is 6.41. The summed E-state index contributed by atoms with van der Waals surface area (Å²) in [6, 6.07) is 16.5. The number of sulfone groups is 1. The molecular formula is C22H21N7O3S. The van der Waals surface area contributed by atoms with Crippen molar-refractivity contribution in [2.24, 2.45) is 5.10 Å². The minimum atomic E-state index is -3.14. The molecule has 0 saturated carbocycles. The monoisotopic (exact) mass is 463 g/mol. The molecule has 4 rings (SSSR count). The van der Waals surface area contributed by atoms with E-state index in [2.05, 4.69) is 30.9 Å². The lowest BCUT2D eigenvalue weighted by molar-refractivity contribution is 0.0956. The molecule has 0 aliphatic heterocycles. The number of nitrogens with zero attached hydrogens (tertiary/aromatic N) is 5. The Morgan fingerprint density at radius 3 is 2.73 bits per heavy atom. The lowest BCUT2D eigenvalue weighted by Gasteiger charge is -2.05. The molecule has 2 aromatic carbocycles. The second kappa shape index (κ2) is 9.57. The van der Waals surface area contributed by atoms with E-state index in [1.54, 1.807) is 41.4 Å². The maximum absolute atomic E-state index is 12.3. The molecule has 11 heteroatoms. The van der Waals surface area contributed by atoms with Crippen LogP contribution in [0.1, 0.15) is 15.9 Å². The van der Waals surface area contributed by atoms with E-state index in [0.29, 0.717) is 28.0 Å². The molecule has 0 fully saturated rings. The molecule has 0 atom stereocenters. The number of hydrogen-bond donors (Lipinski definition) is 2. The minimum Gasteiger partial charge on any atom is -0.351 e. The fourth-order valence-electron chi connectivity index (χ4n) is 3.07. The maximum Gasteiger partial charge on any atom is 0.251 e. The molecule has 0 bridgehead atoms. The predicted molar refractivity (Wildman–Crippen MR) is 126 cm³/mol. The van der Waals surface area contributed by atoms with Crippen molar-refractivity contribution in [1.29, 1.82) is 0 Å². The molecular weight excluding hydrogens is 442 g/mol. The van der Waals surface area contributed by atoms with Gasteiger partial charge >= 0.3 is 0 Å². The Morgan fingerprint density at radius 1 is 1.12 bits per heavy atom. The molecule has 0 aliphatic rings. The van der Waals surface area contributed by atoms with Gasteiger partial charge in [-0.1, -0.05) is 30.3 Å². The molecule has 1 amide bonds. The fourth-order valence-corrected chi connectivity index (χ4v) is 3.54. The summed E-state index contributed by atoms with van der Waals surface area (Å²) in [7, 11) is -3.14. The van der Waals surface area contributed by atoms with Gasteiger partial charge in [-0.15, -0.1) is 0 Å². The van der Waals surface area contributed by atoms with E-state index >= 15 is 0 Å². The molecule has 0 radical (unpaired) electrons. The first-order valence-electron chi connectivity index (χ1n) is 10.00. The third-order valence-electron chi connectivity index (χ3n) is 4.66. The molecule has 0 aliphatic carbocycles. The largest absolute Gasteiger partial charge is 0.351 e. The quantitative estimate of drug-likeness (QED) is 0.302. The van der Waals surface area contributed by atoms with Gasteiger partial charge in [-0.2, -0.15) is 10.2 Å². The average Bonchev–Trinajstić information content (AvgIpc) is 3.24. The van der Waals surface area contributed by atoms with Crippen LogP contribution in [0.3, 0.4) is 0 Å². The van der Waals surface area contributed by atoms with E-state index < -0.39 is 9.84 Å². The number of carbonyl (C=O) groups is 1. The SMILES string of the molecule is CS(=O)(=O)CCNC(=O)c1cccc(/C=N/Nc2ncnc3c2cnn3-c2ccccc2)c1. The fraction of sp³-hybridized carbons (Fsp3) is 0.136. The summed E-state index contributed by atoms with van der Waals surface area (Å²) in [6.07, 6.45) is 5.79. The number of amides is 1. The van der Waals surface area contributed by atoms with Crippen molar-refractivity contribution in [2.75, 3.05) is 24.0 Å². The number of para-hydroxylation sites is 1. The first-order chi connectivity index (χ1) is 15.9. The number of aromatic nitrogens is 4. The molecule has 2 N–H and O–H groups in total. The normalized spacial score (nSPS) is 11.7. The van der Waals surface area contributed by atoms with Crippen LogP contribution in [0.2, 0.25) is 0 Å². The number of benzene rings is 2. The summed E-state index contributed by atoms with van der Waals surface area (Å²) < 4.78 is 24.1. The van der Waals surface area contributed by atoms with Crippen molar-refractivity contribution in [1.82, 2.24) is 25.1 Å². The summed E-state index contributed by atoms with van der Waals surface area (Å²) in [5.41, 5.74) is 5.51. The zero-order chi connectivity index (χ0) is 23.3. The van der Waals surface area contributed by atoms with E-state index in [1.807, 2.05) is 30.3 Å². The van der Waals surface area contributed by atoms with Gasteiger partial charge in [0.2, 0.25) is 0 Å². The van der Waals surface area contributed by atoms with Crippen LogP contribution in [-0.4, -0.2) is 58.8 Å². The Bertz CT molecular complexity index is 1420. The van der Waals surface area contributed by atoms with Crippen LogP contribution < -0.4 is 10.7 Å². The molecule has 168 valence electrons. The summed E-state index contributed by atoms with van der Waals surface area (Å²) >= 11 is 0. The van der Waals surface area contributed by atoms with Gasteiger partial charge in [0.1, 0.15) is 16.2 Å². The zero-order valence-electron chi connectivity index (χ0n) is 17.7. The number of anilines is 1. The van der Waals surface area contributed by atoms with Crippen LogP contribution in [0.15, 0.2) is 72.2 Å². The number of hydrogen-bond acceptors (Lipinski definition) is 8. The number of fused-ring (bicyclic) bond motifs is 1. The van der Waals surface area contributed by atoms with Crippen LogP contribution in [0.25, 0.3) is 16.7 Å². The lowest BCUT2D eigenvalue weighted by atomic mass is 10.1. The van der Waals surface area contributed by atoms with Gasteiger partial charge in [0.25, 0.3) is 5.91 Å². The van der Waals surface area contributed by atoms with Crippen molar-refractivity contribution in [3.8, 4) is 5.69 Å². The van der Waals surface area contributed by atoms with Crippen LogP contribution in [0.4, 0.5) is 5.82 Å². The van der Waals surface area contributed by atoms with Crippen molar-refractivity contribution in [3.63, 3.8) is 0 Å². The molecule has 4 aromatic rings. The van der Waals surface area contributed by atoms with Gasteiger partial charge in [-0.25, -0.2) is 23.1 Å². The van der Waals surface area contributed by atoms with Gasteiger partial charge < -0.3 is 5.32 Å². The van der Waals surface area contributed by atoms with Crippen molar-refractivity contribution in [3.05, 3.63) is 78.2 Å². The predicted octanol–water partition coefficient (Wildman–Crippen LogP) is 2.04. The Balaban J connectivity index is 1.46. The van der Waals surface area contributed by atoms with Crippen LogP contribution >= 0.6 is 0 Å². The standard InChI is InChI=1S/C22H21N7O3S/c1-33(31,32)11-10-23-22(30)17-7-5-6-16(12-17)13-26-28-20-19-14-27-29(21(19)25-15-24-20)18-8-3-2-4-9-18/h2-9,12-15H,10-11H2,1H3,(H,23,30)(H,24,25,28)/b26-13+. The molecule has 10 nitrogen and oxygen atoms in total. The van der Waals surface area contributed by atoms with Gasteiger partial charge in [0, 0.05) is 18.4 Å². The molecule has 0 spiro atoms. The van der Waals surface area contributed by atoms with Gasteiger partial charge in [0.05, 0.1) is 29.2 Å². The summed E-state index contributed by atoms with van der Waals surface area (Å²) in [5.74, 6) is 0.0266. The van der Waals surface area contributed by atoms with Crippen LogP contribution in [0.5, 0.6) is 0 Å². The van der Waals surface area contributed by atoms with Crippen molar-refractivity contribution < 1.29 is 13.2 Å². The zero-order valence-corrected chi connectivity index (χ0v) is 18.5. The molecule has 0 saturated heterocycles. The number of carbonyl (C=O) groups excluding carboxylic acids is 1. The lowest BCUT2D eigenvalue weighted by Crippen LogP contribution is -2.28. The third-order valence-corrected chi connectivity index (χ3v) is 5.60. The third kappa shape index (κ3) is 5.57.